The zero-order chi connectivity index (χ0) is 14.2. The summed E-state index contributed by atoms with van der Waals surface area (Å²) in [6, 6.07) is 6.55. The molecule has 0 unspecified atom stereocenters. The first-order valence-corrected chi connectivity index (χ1v) is 7.83. The third-order valence-corrected chi connectivity index (χ3v) is 4.95. The second kappa shape index (κ2) is 5.16. The fraction of sp³-hybridized carbons (Fsp3) is 0.556. The van der Waals surface area contributed by atoms with Gasteiger partial charge in [0, 0.05) is 12.8 Å². The van der Waals surface area contributed by atoms with Gasteiger partial charge in [0.25, 0.3) is 0 Å². The van der Waals surface area contributed by atoms with Crippen LogP contribution >= 0.6 is 0 Å². The first-order valence-electron chi connectivity index (χ1n) is 7.83. The first kappa shape index (κ1) is 13.5. The molecule has 0 heterocycles. The van der Waals surface area contributed by atoms with E-state index in [1.54, 1.807) is 0 Å². The van der Waals surface area contributed by atoms with Gasteiger partial charge in [-0.25, -0.2) is 0 Å². The Morgan fingerprint density at radius 1 is 1.05 bits per heavy atom. The van der Waals surface area contributed by atoms with Crippen LogP contribution in [0.3, 0.4) is 0 Å². The van der Waals surface area contributed by atoms with Gasteiger partial charge >= 0.3 is 0 Å². The Morgan fingerprint density at radius 2 is 1.75 bits per heavy atom. The summed E-state index contributed by atoms with van der Waals surface area (Å²) in [5.74, 6) is 0.361. The van der Waals surface area contributed by atoms with Crippen LogP contribution < -0.4 is 0 Å². The lowest BCUT2D eigenvalue weighted by Gasteiger charge is -2.29. The summed E-state index contributed by atoms with van der Waals surface area (Å²) in [6.07, 6.45) is 6.70. The molecule has 0 atom stereocenters. The Bertz CT molecular complexity index is 541. The van der Waals surface area contributed by atoms with Crippen molar-refractivity contribution in [2.75, 3.05) is 0 Å². The summed E-state index contributed by atoms with van der Waals surface area (Å²) >= 11 is 0. The zero-order valence-electron chi connectivity index (χ0n) is 12.2. The molecular formula is C18H22O2. The Kier molecular flexibility index (Phi) is 3.49. The summed E-state index contributed by atoms with van der Waals surface area (Å²) < 4.78 is 0. The highest BCUT2D eigenvalue weighted by molar-refractivity contribution is 6.10. The van der Waals surface area contributed by atoms with Crippen LogP contribution in [-0.4, -0.2) is 11.6 Å². The number of unbranched alkanes of at least 4 members (excludes halogenated alkanes) is 1. The highest BCUT2D eigenvalue weighted by Crippen LogP contribution is 2.43. The van der Waals surface area contributed by atoms with Gasteiger partial charge in [-0.05, 0) is 48.8 Å². The number of benzene rings is 1. The van der Waals surface area contributed by atoms with Crippen LogP contribution in [0.25, 0.3) is 0 Å². The largest absolute Gasteiger partial charge is 0.299 e. The van der Waals surface area contributed by atoms with Crippen molar-refractivity contribution in [3.63, 3.8) is 0 Å². The fourth-order valence-electron chi connectivity index (χ4n) is 3.70. The van der Waals surface area contributed by atoms with E-state index in [2.05, 4.69) is 25.1 Å². The maximum Gasteiger partial charge on any atom is 0.147 e. The van der Waals surface area contributed by atoms with Crippen molar-refractivity contribution in [3.8, 4) is 0 Å². The van der Waals surface area contributed by atoms with E-state index in [1.807, 2.05) is 0 Å². The molecule has 1 spiro atoms. The molecule has 1 aromatic carbocycles. The molecule has 2 heteroatoms. The van der Waals surface area contributed by atoms with Crippen LogP contribution in [0, 0.1) is 5.41 Å². The summed E-state index contributed by atoms with van der Waals surface area (Å²) in [4.78, 5) is 24.7. The molecule has 106 valence electrons. The number of carbonyl (C=O) groups is 2. The van der Waals surface area contributed by atoms with E-state index in [0.717, 1.165) is 12.8 Å². The van der Waals surface area contributed by atoms with Crippen LogP contribution in [0.1, 0.15) is 55.7 Å². The van der Waals surface area contributed by atoms with Crippen molar-refractivity contribution in [2.45, 2.75) is 58.3 Å². The number of hydrogen-bond donors (Lipinski definition) is 0. The number of ketones is 2. The normalized spacial score (nSPS) is 20.4. The van der Waals surface area contributed by atoms with Crippen molar-refractivity contribution in [1.82, 2.24) is 0 Å². The highest BCUT2D eigenvalue weighted by Gasteiger charge is 2.50. The lowest BCUT2D eigenvalue weighted by molar-refractivity contribution is -0.143. The molecule has 1 fully saturated rings. The van der Waals surface area contributed by atoms with Gasteiger partial charge < -0.3 is 0 Å². The summed E-state index contributed by atoms with van der Waals surface area (Å²) in [5.41, 5.74) is 3.11. The average molecular weight is 270 g/mol. The van der Waals surface area contributed by atoms with Crippen LogP contribution in [0.15, 0.2) is 18.2 Å². The Morgan fingerprint density at radius 3 is 2.45 bits per heavy atom. The minimum atomic E-state index is -0.691. The lowest BCUT2D eigenvalue weighted by Crippen LogP contribution is -2.43. The van der Waals surface area contributed by atoms with Gasteiger partial charge in [0.15, 0.2) is 0 Å². The monoisotopic (exact) mass is 270 g/mol. The minimum Gasteiger partial charge on any atom is -0.299 e. The highest BCUT2D eigenvalue weighted by atomic mass is 16.2. The first-order chi connectivity index (χ1) is 9.65. The molecule has 3 rings (SSSR count). The number of carbonyl (C=O) groups excluding carboxylic acids is 2. The van der Waals surface area contributed by atoms with Gasteiger partial charge in [-0.15, -0.1) is 0 Å². The van der Waals surface area contributed by atoms with E-state index < -0.39 is 5.41 Å². The third kappa shape index (κ3) is 2.11. The van der Waals surface area contributed by atoms with E-state index in [4.69, 9.17) is 0 Å². The van der Waals surface area contributed by atoms with Crippen LogP contribution in [0.5, 0.6) is 0 Å². The SMILES string of the molecule is CCCCc1ccc2c(c1)CC1(C2)C(=O)CCCC1=O. The molecule has 1 aromatic rings. The van der Waals surface area contributed by atoms with E-state index >= 15 is 0 Å². The van der Waals surface area contributed by atoms with Crippen molar-refractivity contribution in [3.05, 3.63) is 34.9 Å². The lowest BCUT2D eigenvalue weighted by atomic mass is 9.70. The summed E-state index contributed by atoms with van der Waals surface area (Å²) in [5, 5.41) is 0. The molecule has 2 nitrogen and oxygen atoms in total. The molecule has 0 bridgehead atoms. The third-order valence-electron chi connectivity index (χ3n) is 4.95. The van der Waals surface area contributed by atoms with Crippen molar-refractivity contribution >= 4 is 11.6 Å². The smallest absolute Gasteiger partial charge is 0.147 e. The Hall–Kier alpha value is -1.44. The quantitative estimate of drug-likeness (QED) is 0.788. The van der Waals surface area contributed by atoms with Gasteiger partial charge in [0.05, 0.1) is 5.41 Å². The molecule has 0 radical (unpaired) electrons. The molecule has 2 aliphatic rings. The number of aryl methyl sites for hydroxylation is 1. The predicted octanol–water partition coefficient (Wildman–Crippen LogP) is 3.44. The maximum atomic E-state index is 12.3. The van der Waals surface area contributed by atoms with Crippen molar-refractivity contribution in [1.29, 1.82) is 0 Å². The summed E-state index contributed by atoms with van der Waals surface area (Å²) in [7, 11) is 0. The van der Waals surface area contributed by atoms with Gasteiger partial charge in [-0.1, -0.05) is 31.5 Å². The van der Waals surface area contributed by atoms with Crippen LogP contribution in [-0.2, 0) is 28.9 Å². The maximum absolute atomic E-state index is 12.3. The van der Waals surface area contributed by atoms with E-state index in [1.165, 1.54) is 29.5 Å². The second-order valence-electron chi connectivity index (χ2n) is 6.34. The average Bonchev–Trinajstić information content (AvgIpc) is 2.82. The van der Waals surface area contributed by atoms with Gasteiger partial charge in [-0.3, -0.25) is 9.59 Å². The fourth-order valence-corrected chi connectivity index (χ4v) is 3.70. The van der Waals surface area contributed by atoms with Gasteiger partial charge in [-0.2, -0.15) is 0 Å². The van der Waals surface area contributed by atoms with Gasteiger partial charge in [0.1, 0.15) is 11.6 Å². The predicted molar refractivity (Wildman–Crippen MR) is 78.8 cm³/mol. The molecule has 0 saturated heterocycles. The van der Waals surface area contributed by atoms with Crippen molar-refractivity contribution in [2.24, 2.45) is 5.41 Å². The Labute approximate surface area is 120 Å². The number of hydrogen-bond acceptors (Lipinski definition) is 2. The number of fused-ring (bicyclic) bond motifs is 1. The second-order valence-corrected chi connectivity index (χ2v) is 6.34. The van der Waals surface area contributed by atoms with Gasteiger partial charge in [0.2, 0.25) is 0 Å². The Balaban J connectivity index is 1.87. The molecule has 0 aliphatic heterocycles. The molecule has 0 aromatic heterocycles. The number of Topliss-reactive ketones (excluding diaryl/α,β-unsaturated/α-hetero) is 2. The molecule has 1 saturated carbocycles. The minimum absolute atomic E-state index is 0.181. The standard InChI is InChI=1S/C18H22O2/c1-2-3-5-13-8-9-14-11-18(12-15(14)10-13)16(19)6-4-7-17(18)20/h8-10H,2-7,11-12H2,1H3. The van der Waals surface area contributed by atoms with Crippen LogP contribution in [0.2, 0.25) is 0 Å². The molecule has 0 amide bonds. The molecule has 20 heavy (non-hydrogen) atoms. The molecule has 2 aliphatic carbocycles. The molecule has 0 N–H and O–H groups in total. The zero-order valence-corrected chi connectivity index (χ0v) is 12.2. The van der Waals surface area contributed by atoms with E-state index in [0.29, 0.717) is 25.7 Å². The molecular weight excluding hydrogens is 248 g/mol. The number of rotatable bonds is 3. The topological polar surface area (TPSA) is 34.1 Å². The van der Waals surface area contributed by atoms with Crippen LogP contribution in [0.4, 0.5) is 0 Å². The summed E-state index contributed by atoms with van der Waals surface area (Å²) in [6.45, 7) is 2.20. The van der Waals surface area contributed by atoms with Crippen molar-refractivity contribution < 1.29 is 9.59 Å². The van der Waals surface area contributed by atoms with E-state index in [9.17, 15) is 9.59 Å². The van der Waals surface area contributed by atoms with E-state index in [-0.39, 0.29) is 11.6 Å².